The number of allylic oxidation sites excluding steroid dienone is 1. The van der Waals surface area contributed by atoms with Crippen LogP contribution in [0.4, 0.5) is 0 Å². The zero-order valence-electron chi connectivity index (χ0n) is 6.12. The van der Waals surface area contributed by atoms with E-state index < -0.39 is 0 Å². The Hall–Kier alpha value is -1.55. The van der Waals surface area contributed by atoms with Crippen molar-refractivity contribution in [2.24, 2.45) is 0 Å². The summed E-state index contributed by atoms with van der Waals surface area (Å²) in [6.07, 6.45) is 1.75. The molecule has 0 aliphatic carbocycles. The fourth-order valence-corrected chi connectivity index (χ4v) is 0.783. The molecule has 0 heterocycles. The van der Waals surface area contributed by atoms with Crippen LogP contribution in [-0.2, 0) is 0 Å². The van der Waals surface area contributed by atoms with Gasteiger partial charge in [-0.05, 0) is 18.6 Å². The van der Waals surface area contributed by atoms with Gasteiger partial charge in [0.2, 0.25) is 0 Å². The average molecular weight is 142 g/mol. The van der Waals surface area contributed by atoms with Crippen molar-refractivity contribution < 1.29 is 0 Å². The van der Waals surface area contributed by atoms with E-state index in [0.717, 1.165) is 5.56 Å². The number of hydrogen-bond donors (Lipinski definition) is 0. The largest absolute Gasteiger partial charge is 0.193 e. The van der Waals surface area contributed by atoms with E-state index in [0.29, 0.717) is 5.57 Å². The van der Waals surface area contributed by atoms with Gasteiger partial charge < -0.3 is 0 Å². The third-order valence-corrected chi connectivity index (χ3v) is 1.28. The Bertz CT molecular complexity index is 290. The van der Waals surface area contributed by atoms with E-state index in [1.54, 1.807) is 6.08 Å². The van der Waals surface area contributed by atoms with Crippen molar-refractivity contribution in [3.8, 4) is 6.07 Å². The standard InChI is InChI=1S/C10H8N/c1-9(8-11)7-10-5-3-2-4-6-10/h2-7H,1H2/b9-7-. The topological polar surface area (TPSA) is 23.8 Å². The minimum absolute atomic E-state index is 0.483. The summed E-state index contributed by atoms with van der Waals surface area (Å²) in [6, 6.07) is 11.6. The van der Waals surface area contributed by atoms with Crippen molar-refractivity contribution in [2.45, 2.75) is 0 Å². The predicted octanol–water partition coefficient (Wildman–Crippen LogP) is 2.43. The Labute approximate surface area is 66.6 Å². The molecule has 0 unspecified atom stereocenters. The maximum Gasteiger partial charge on any atom is 0.0947 e. The molecule has 0 spiro atoms. The van der Waals surface area contributed by atoms with Gasteiger partial charge in [-0.15, -0.1) is 0 Å². The third-order valence-electron chi connectivity index (χ3n) is 1.28. The summed E-state index contributed by atoms with van der Waals surface area (Å²) < 4.78 is 0. The number of benzene rings is 1. The molecule has 0 saturated carbocycles. The van der Waals surface area contributed by atoms with Gasteiger partial charge in [-0.2, -0.15) is 5.26 Å². The first-order valence-corrected chi connectivity index (χ1v) is 3.32. The Morgan fingerprint density at radius 3 is 2.55 bits per heavy atom. The van der Waals surface area contributed by atoms with Crippen LogP contribution < -0.4 is 0 Å². The van der Waals surface area contributed by atoms with E-state index >= 15 is 0 Å². The molecule has 1 rings (SSSR count). The summed E-state index contributed by atoms with van der Waals surface area (Å²) in [5.74, 6) is 0. The quantitative estimate of drug-likeness (QED) is 0.552. The highest BCUT2D eigenvalue weighted by molar-refractivity contribution is 5.57. The summed E-state index contributed by atoms with van der Waals surface area (Å²) >= 11 is 0. The molecular weight excluding hydrogens is 134 g/mol. The Morgan fingerprint density at radius 2 is 2.00 bits per heavy atom. The SMILES string of the molecule is [CH2]/C(C#N)=C/c1ccccc1. The summed E-state index contributed by atoms with van der Waals surface area (Å²) in [5.41, 5.74) is 1.50. The lowest BCUT2D eigenvalue weighted by atomic mass is 10.1. The second kappa shape index (κ2) is 3.58. The molecule has 0 aliphatic rings. The summed E-state index contributed by atoms with van der Waals surface area (Å²) in [5, 5.41) is 8.42. The normalized spacial score (nSPS) is 10.7. The Kier molecular flexibility index (Phi) is 2.46. The first-order chi connectivity index (χ1) is 5.33. The average Bonchev–Trinajstić information content (AvgIpc) is 2.06. The van der Waals surface area contributed by atoms with Crippen molar-refractivity contribution in [1.82, 2.24) is 0 Å². The van der Waals surface area contributed by atoms with Crippen LogP contribution in [0, 0.1) is 18.3 Å². The smallest absolute Gasteiger partial charge is 0.0947 e. The predicted molar refractivity (Wildman–Crippen MR) is 45.4 cm³/mol. The van der Waals surface area contributed by atoms with Gasteiger partial charge in [-0.1, -0.05) is 30.3 Å². The van der Waals surface area contributed by atoms with Crippen LogP contribution in [0.3, 0.4) is 0 Å². The summed E-state index contributed by atoms with van der Waals surface area (Å²) in [4.78, 5) is 0. The molecule has 0 N–H and O–H groups in total. The highest BCUT2D eigenvalue weighted by Crippen LogP contribution is 2.04. The first-order valence-electron chi connectivity index (χ1n) is 3.32. The molecule has 1 radical (unpaired) electrons. The zero-order valence-corrected chi connectivity index (χ0v) is 6.12. The van der Waals surface area contributed by atoms with E-state index in [1.165, 1.54) is 0 Å². The molecule has 0 fully saturated rings. The van der Waals surface area contributed by atoms with Gasteiger partial charge in [-0.3, -0.25) is 0 Å². The number of hydrogen-bond acceptors (Lipinski definition) is 1. The zero-order chi connectivity index (χ0) is 8.10. The van der Waals surface area contributed by atoms with Crippen molar-refractivity contribution in [2.75, 3.05) is 0 Å². The number of nitrogens with zero attached hydrogens (tertiary/aromatic N) is 1. The molecule has 1 aromatic rings. The van der Waals surface area contributed by atoms with Crippen LogP contribution in [0.25, 0.3) is 6.08 Å². The number of rotatable bonds is 1. The van der Waals surface area contributed by atoms with Gasteiger partial charge in [0, 0.05) is 5.57 Å². The lowest BCUT2D eigenvalue weighted by molar-refractivity contribution is 1.50. The lowest BCUT2D eigenvalue weighted by Crippen LogP contribution is -1.71. The molecule has 0 saturated heterocycles. The van der Waals surface area contributed by atoms with E-state index in [9.17, 15) is 0 Å². The molecule has 1 aromatic carbocycles. The molecule has 53 valence electrons. The van der Waals surface area contributed by atoms with Crippen molar-refractivity contribution in [1.29, 1.82) is 5.26 Å². The fraction of sp³-hybridized carbons (Fsp3) is 0. The molecule has 11 heavy (non-hydrogen) atoms. The molecule has 1 nitrogen and oxygen atoms in total. The minimum Gasteiger partial charge on any atom is -0.193 e. The van der Waals surface area contributed by atoms with E-state index in [-0.39, 0.29) is 0 Å². The molecule has 0 amide bonds. The van der Waals surface area contributed by atoms with Gasteiger partial charge >= 0.3 is 0 Å². The summed E-state index contributed by atoms with van der Waals surface area (Å²) in [7, 11) is 0. The van der Waals surface area contributed by atoms with Crippen LogP contribution in [0.15, 0.2) is 35.9 Å². The Morgan fingerprint density at radius 1 is 1.36 bits per heavy atom. The van der Waals surface area contributed by atoms with E-state index in [2.05, 4.69) is 6.92 Å². The highest BCUT2D eigenvalue weighted by atomic mass is 14.2. The van der Waals surface area contributed by atoms with E-state index in [1.807, 2.05) is 36.4 Å². The van der Waals surface area contributed by atoms with Gasteiger partial charge in [0.25, 0.3) is 0 Å². The number of nitriles is 1. The van der Waals surface area contributed by atoms with Crippen molar-refractivity contribution >= 4 is 6.08 Å². The molecule has 0 atom stereocenters. The Balaban J connectivity index is 2.90. The molecule has 0 aromatic heterocycles. The second-order valence-electron chi connectivity index (χ2n) is 2.19. The lowest BCUT2D eigenvalue weighted by Gasteiger charge is -1.89. The summed E-state index contributed by atoms with van der Waals surface area (Å²) in [6.45, 7) is 3.55. The van der Waals surface area contributed by atoms with Crippen LogP contribution in [0.1, 0.15) is 5.56 Å². The first kappa shape index (κ1) is 7.56. The minimum atomic E-state index is 0.483. The second-order valence-corrected chi connectivity index (χ2v) is 2.19. The maximum atomic E-state index is 8.42. The third kappa shape index (κ3) is 2.27. The fourth-order valence-electron chi connectivity index (χ4n) is 0.783. The van der Waals surface area contributed by atoms with Gasteiger partial charge in [0.15, 0.2) is 0 Å². The maximum absolute atomic E-state index is 8.42. The molecule has 0 bridgehead atoms. The van der Waals surface area contributed by atoms with E-state index in [4.69, 9.17) is 5.26 Å². The van der Waals surface area contributed by atoms with Crippen LogP contribution in [0.2, 0.25) is 0 Å². The van der Waals surface area contributed by atoms with Crippen molar-refractivity contribution in [3.05, 3.63) is 48.4 Å². The van der Waals surface area contributed by atoms with Crippen LogP contribution >= 0.6 is 0 Å². The molecule has 1 heteroatoms. The van der Waals surface area contributed by atoms with Crippen molar-refractivity contribution in [3.63, 3.8) is 0 Å². The van der Waals surface area contributed by atoms with Gasteiger partial charge in [0.05, 0.1) is 6.07 Å². The van der Waals surface area contributed by atoms with Gasteiger partial charge in [0.1, 0.15) is 0 Å². The monoisotopic (exact) mass is 142 g/mol. The van der Waals surface area contributed by atoms with Crippen LogP contribution in [0.5, 0.6) is 0 Å². The highest BCUT2D eigenvalue weighted by Gasteiger charge is 1.86. The molecule has 0 aliphatic heterocycles. The van der Waals surface area contributed by atoms with Crippen LogP contribution in [-0.4, -0.2) is 0 Å². The van der Waals surface area contributed by atoms with Gasteiger partial charge in [-0.25, -0.2) is 0 Å². The molecular formula is C10H8N.